The van der Waals surface area contributed by atoms with Crippen molar-refractivity contribution in [3.63, 3.8) is 0 Å². The van der Waals surface area contributed by atoms with Crippen LogP contribution in [0.2, 0.25) is 0 Å². The van der Waals surface area contributed by atoms with Gasteiger partial charge in [0.2, 0.25) is 0 Å². The van der Waals surface area contributed by atoms with Crippen LogP contribution < -0.4 is 11.3 Å². The number of nitrogens with one attached hydrogen (secondary N) is 1. The Bertz CT molecular complexity index is 599. The van der Waals surface area contributed by atoms with Gasteiger partial charge in [-0.05, 0) is 31.5 Å². The molecule has 100 valence electrons. The summed E-state index contributed by atoms with van der Waals surface area (Å²) in [6, 6.07) is 7.43. The van der Waals surface area contributed by atoms with Crippen LogP contribution in [0.4, 0.5) is 0 Å². The Hall–Kier alpha value is -2.14. The van der Waals surface area contributed by atoms with Crippen molar-refractivity contribution >= 4 is 5.91 Å². The van der Waals surface area contributed by atoms with Gasteiger partial charge in [0.15, 0.2) is 0 Å². The van der Waals surface area contributed by atoms with Gasteiger partial charge in [-0.1, -0.05) is 12.1 Å². The number of carbonyl (C=O) groups excluding carboxylic acids is 1. The number of hydrogen-bond acceptors (Lipinski definition) is 3. The average molecular weight is 258 g/mol. The van der Waals surface area contributed by atoms with Crippen LogP contribution >= 0.6 is 0 Å². The summed E-state index contributed by atoms with van der Waals surface area (Å²) in [6.07, 6.45) is 0.816. The van der Waals surface area contributed by atoms with Crippen LogP contribution in [0.3, 0.4) is 0 Å². The third-order valence-corrected chi connectivity index (χ3v) is 3.39. The molecule has 0 bridgehead atoms. The summed E-state index contributed by atoms with van der Waals surface area (Å²) in [7, 11) is 1.94. The van der Waals surface area contributed by atoms with Crippen molar-refractivity contribution in [1.29, 1.82) is 0 Å². The second kappa shape index (κ2) is 5.24. The van der Waals surface area contributed by atoms with E-state index in [4.69, 9.17) is 5.84 Å². The first-order valence-corrected chi connectivity index (χ1v) is 6.12. The van der Waals surface area contributed by atoms with Crippen LogP contribution in [0.5, 0.6) is 0 Å². The fourth-order valence-electron chi connectivity index (χ4n) is 2.13. The van der Waals surface area contributed by atoms with Gasteiger partial charge < -0.3 is 0 Å². The number of aromatic nitrogens is 2. The lowest BCUT2D eigenvalue weighted by Gasteiger charge is -2.04. The molecule has 2 aromatic rings. The molecular formula is C14H18N4O. The van der Waals surface area contributed by atoms with E-state index in [1.165, 1.54) is 11.3 Å². The summed E-state index contributed by atoms with van der Waals surface area (Å²) < 4.78 is 1.89. The monoisotopic (exact) mass is 258 g/mol. The fraction of sp³-hybridized carbons (Fsp3) is 0.286. The van der Waals surface area contributed by atoms with E-state index in [-0.39, 0.29) is 5.91 Å². The molecule has 0 aliphatic rings. The predicted octanol–water partition coefficient (Wildman–Crippen LogP) is 1.23. The minimum atomic E-state index is -0.278. The van der Waals surface area contributed by atoms with Crippen LogP contribution in [0, 0.1) is 13.8 Å². The van der Waals surface area contributed by atoms with E-state index < -0.39 is 0 Å². The number of amides is 1. The van der Waals surface area contributed by atoms with Crippen molar-refractivity contribution < 1.29 is 4.79 Å². The second-order valence-electron chi connectivity index (χ2n) is 4.62. The number of benzene rings is 1. The van der Waals surface area contributed by atoms with Crippen molar-refractivity contribution in [2.24, 2.45) is 12.9 Å². The normalized spacial score (nSPS) is 10.5. The van der Waals surface area contributed by atoms with Crippen LogP contribution in [0.25, 0.3) is 0 Å². The van der Waals surface area contributed by atoms with Crippen molar-refractivity contribution in [2.45, 2.75) is 20.3 Å². The number of nitrogens with zero attached hydrogens (tertiary/aromatic N) is 2. The van der Waals surface area contributed by atoms with Crippen LogP contribution in [-0.4, -0.2) is 15.7 Å². The summed E-state index contributed by atoms with van der Waals surface area (Å²) in [5.41, 5.74) is 7.27. The molecular weight excluding hydrogens is 240 g/mol. The number of aryl methyl sites for hydroxylation is 2. The quantitative estimate of drug-likeness (QED) is 0.494. The molecule has 0 radical (unpaired) electrons. The van der Waals surface area contributed by atoms with Crippen molar-refractivity contribution in [3.8, 4) is 0 Å². The first kappa shape index (κ1) is 13.3. The molecule has 3 N–H and O–H groups in total. The maximum atomic E-state index is 11.3. The highest BCUT2D eigenvalue weighted by molar-refractivity contribution is 5.93. The molecule has 1 heterocycles. The molecule has 0 atom stereocenters. The molecule has 0 unspecified atom stereocenters. The summed E-state index contributed by atoms with van der Waals surface area (Å²) in [5, 5.41) is 4.40. The number of rotatable bonds is 3. The van der Waals surface area contributed by atoms with Gasteiger partial charge >= 0.3 is 0 Å². The summed E-state index contributed by atoms with van der Waals surface area (Å²) >= 11 is 0. The highest BCUT2D eigenvalue weighted by Gasteiger charge is 2.10. The highest BCUT2D eigenvalue weighted by atomic mass is 16.2. The molecule has 1 aromatic carbocycles. The molecule has 19 heavy (non-hydrogen) atoms. The Morgan fingerprint density at radius 2 is 1.95 bits per heavy atom. The highest BCUT2D eigenvalue weighted by Crippen LogP contribution is 2.17. The zero-order valence-corrected chi connectivity index (χ0v) is 11.4. The van der Waals surface area contributed by atoms with Gasteiger partial charge in [-0.25, -0.2) is 5.84 Å². The number of nitrogens with two attached hydrogens (primary N) is 1. The topological polar surface area (TPSA) is 72.9 Å². The SMILES string of the molecule is Cc1nn(C)c(C)c1Cc1ccc(C(=O)NN)cc1. The molecule has 0 saturated heterocycles. The molecule has 5 heteroatoms. The van der Waals surface area contributed by atoms with E-state index in [2.05, 4.69) is 17.4 Å². The Kier molecular flexibility index (Phi) is 3.66. The van der Waals surface area contributed by atoms with Crippen molar-refractivity contribution in [1.82, 2.24) is 15.2 Å². The second-order valence-corrected chi connectivity index (χ2v) is 4.62. The molecule has 2 rings (SSSR count). The predicted molar refractivity (Wildman–Crippen MR) is 73.6 cm³/mol. The summed E-state index contributed by atoms with van der Waals surface area (Å²) in [6.45, 7) is 4.07. The van der Waals surface area contributed by atoms with Gasteiger partial charge in [-0.2, -0.15) is 5.10 Å². The number of hydrogen-bond donors (Lipinski definition) is 2. The summed E-state index contributed by atoms with van der Waals surface area (Å²) in [4.78, 5) is 11.3. The lowest BCUT2D eigenvalue weighted by molar-refractivity contribution is 0.0953. The Morgan fingerprint density at radius 3 is 2.42 bits per heavy atom. The number of carbonyl (C=O) groups is 1. The summed E-state index contributed by atoms with van der Waals surface area (Å²) in [5.74, 6) is 4.82. The minimum absolute atomic E-state index is 0.278. The van der Waals surface area contributed by atoms with E-state index in [1.807, 2.05) is 30.8 Å². The molecule has 0 spiro atoms. The van der Waals surface area contributed by atoms with Crippen LogP contribution in [0.1, 0.15) is 32.9 Å². The number of hydrazine groups is 1. The largest absolute Gasteiger partial charge is 0.290 e. The zero-order valence-electron chi connectivity index (χ0n) is 11.4. The van der Waals surface area contributed by atoms with Gasteiger partial charge in [0, 0.05) is 30.3 Å². The average Bonchev–Trinajstić information content (AvgIpc) is 2.65. The van der Waals surface area contributed by atoms with Crippen LogP contribution in [-0.2, 0) is 13.5 Å². The molecule has 1 aromatic heterocycles. The van der Waals surface area contributed by atoms with Gasteiger partial charge in [0.25, 0.3) is 5.91 Å². The van der Waals surface area contributed by atoms with E-state index in [9.17, 15) is 4.79 Å². The standard InChI is InChI=1S/C14H18N4O/c1-9-13(10(2)18(3)17-9)8-11-4-6-12(7-5-11)14(19)16-15/h4-7H,8,15H2,1-3H3,(H,16,19). The minimum Gasteiger partial charge on any atom is -0.290 e. The van der Waals surface area contributed by atoms with E-state index in [1.54, 1.807) is 12.1 Å². The lowest BCUT2D eigenvalue weighted by atomic mass is 10.0. The van der Waals surface area contributed by atoms with Crippen LogP contribution in [0.15, 0.2) is 24.3 Å². The van der Waals surface area contributed by atoms with E-state index in [0.29, 0.717) is 5.56 Å². The Morgan fingerprint density at radius 1 is 1.32 bits per heavy atom. The molecule has 0 aliphatic heterocycles. The third-order valence-electron chi connectivity index (χ3n) is 3.39. The van der Waals surface area contributed by atoms with Gasteiger partial charge in [0.1, 0.15) is 0 Å². The lowest BCUT2D eigenvalue weighted by Crippen LogP contribution is -2.29. The molecule has 5 nitrogen and oxygen atoms in total. The molecule has 0 fully saturated rings. The third kappa shape index (κ3) is 2.66. The number of nitrogen functional groups attached to an aromatic ring is 1. The van der Waals surface area contributed by atoms with Gasteiger partial charge in [-0.15, -0.1) is 0 Å². The Labute approximate surface area is 112 Å². The molecule has 0 aliphatic carbocycles. The van der Waals surface area contributed by atoms with E-state index >= 15 is 0 Å². The Balaban J connectivity index is 2.22. The first-order chi connectivity index (χ1) is 9.02. The molecule has 0 saturated carbocycles. The molecule has 1 amide bonds. The smallest absolute Gasteiger partial charge is 0.265 e. The zero-order chi connectivity index (χ0) is 14.0. The maximum Gasteiger partial charge on any atom is 0.265 e. The van der Waals surface area contributed by atoms with Gasteiger partial charge in [0.05, 0.1) is 5.69 Å². The maximum absolute atomic E-state index is 11.3. The van der Waals surface area contributed by atoms with E-state index in [0.717, 1.165) is 17.7 Å². The first-order valence-electron chi connectivity index (χ1n) is 6.12. The van der Waals surface area contributed by atoms with Gasteiger partial charge in [-0.3, -0.25) is 14.9 Å². The van der Waals surface area contributed by atoms with Crippen molar-refractivity contribution in [3.05, 3.63) is 52.3 Å². The fourth-order valence-corrected chi connectivity index (χ4v) is 2.13. The van der Waals surface area contributed by atoms with Crippen molar-refractivity contribution in [2.75, 3.05) is 0 Å².